The van der Waals surface area contributed by atoms with Crippen LogP contribution < -0.4 is 15.2 Å². The van der Waals surface area contributed by atoms with E-state index in [1.54, 1.807) is 13.0 Å². The Balaban J connectivity index is 1.89. The molecule has 2 N–H and O–H groups in total. The molecule has 0 bridgehead atoms. The highest BCUT2D eigenvalue weighted by Crippen LogP contribution is 2.31. The molecule has 7 nitrogen and oxygen atoms in total. The molecular weight excluding hydrogens is 353 g/mol. The van der Waals surface area contributed by atoms with Gasteiger partial charge in [0.25, 0.3) is 11.8 Å². The monoisotopic (exact) mass is 366 g/mol. The Labute approximate surface area is 145 Å². The first kappa shape index (κ1) is 17.5. The van der Waals surface area contributed by atoms with E-state index in [1.807, 2.05) is 0 Å². The quantitative estimate of drug-likeness (QED) is 0.750. The molecule has 136 valence electrons. The van der Waals surface area contributed by atoms with Crippen LogP contribution in [0, 0.1) is 6.92 Å². The van der Waals surface area contributed by atoms with Gasteiger partial charge in [-0.25, -0.2) is 9.97 Å². The summed E-state index contributed by atoms with van der Waals surface area (Å²) >= 11 is 0. The number of aromatic nitrogens is 3. The number of rotatable bonds is 5. The molecule has 3 heterocycles. The largest absolute Gasteiger partial charge is 0.478 e. The van der Waals surface area contributed by atoms with Gasteiger partial charge in [-0.3, -0.25) is 4.79 Å². The van der Waals surface area contributed by atoms with Crippen LogP contribution in [0.1, 0.15) is 16.2 Å². The van der Waals surface area contributed by atoms with Gasteiger partial charge in [-0.1, -0.05) is 0 Å². The molecule has 3 aromatic rings. The van der Waals surface area contributed by atoms with Crippen molar-refractivity contribution in [1.82, 2.24) is 14.4 Å². The van der Waals surface area contributed by atoms with E-state index in [0.717, 1.165) is 0 Å². The number of hydrogen-bond donors (Lipinski definition) is 1. The van der Waals surface area contributed by atoms with E-state index in [4.69, 9.17) is 15.2 Å². The number of ether oxygens (including phenoxy) is 2. The number of primary amides is 1. The number of fused-ring (bicyclic) bond motifs is 1. The zero-order valence-electron chi connectivity index (χ0n) is 13.4. The highest BCUT2D eigenvalue weighted by molar-refractivity contribution is 5.91. The molecule has 0 fully saturated rings. The average Bonchev–Trinajstić information content (AvgIpc) is 2.97. The second-order valence-corrected chi connectivity index (χ2v) is 5.38. The topological polar surface area (TPSA) is 91.7 Å². The maximum atomic E-state index is 12.4. The number of amides is 1. The lowest BCUT2D eigenvalue weighted by molar-refractivity contribution is -0.153. The van der Waals surface area contributed by atoms with Gasteiger partial charge in [0.2, 0.25) is 0 Å². The van der Waals surface area contributed by atoms with Gasteiger partial charge in [-0.05, 0) is 31.2 Å². The fourth-order valence-electron chi connectivity index (χ4n) is 2.12. The zero-order chi connectivity index (χ0) is 18.9. The van der Waals surface area contributed by atoms with Crippen LogP contribution in [0.2, 0.25) is 0 Å². The number of carbonyl (C=O) groups is 1. The number of nitrogens with zero attached hydrogens (tertiary/aromatic N) is 3. The minimum atomic E-state index is -4.48. The molecule has 0 saturated carbocycles. The summed E-state index contributed by atoms with van der Waals surface area (Å²) in [6.45, 7) is 0.204. The lowest BCUT2D eigenvalue weighted by atomic mass is 10.3. The lowest BCUT2D eigenvalue weighted by Crippen LogP contribution is -2.19. The van der Waals surface area contributed by atoms with Crippen LogP contribution in [0.15, 0.2) is 36.7 Å². The Bertz CT molecular complexity index is 969. The predicted molar refractivity (Wildman–Crippen MR) is 84.3 cm³/mol. The molecule has 0 spiro atoms. The molecule has 0 radical (unpaired) electrons. The van der Waals surface area contributed by atoms with Gasteiger partial charge >= 0.3 is 6.18 Å². The Hall–Kier alpha value is -3.30. The summed E-state index contributed by atoms with van der Waals surface area (Å²) in [6.07, 6.45) is -1.58. The Kier molecular flexibility index (Phi) is 4.41. The number of aryl methyl sites for hydroxylation is 1. The summed E-state index contributed by atoms with van der Waals surface area (Å²) in [5, 5.41) is 0. The van der Waals surface area contributed by atoms with Gasteiger partial charge in [0.15, 0.2) is 12.4 Å². The number of halogens is 3. The molecule has 1 amide bonds. The van der Waals surface area contributed by atoms with E-state index in [2.05, 4.69) is 9.97 Å². The molecule has 0 aromatic carbocycles. The highest BCUT2D eigenvalue weighted by Gasteiger charge is 2.29. The molecule has 0 aliphatic carbocycles. The number of pyridine rings is 2. The van der Waals surface area contributed by atoms with E-state index in [-0.39, 0.29) is 23.1 Å². The van der Waals surface area contributed by atoms with E-state index < -0.39 is 18.7 Å². The standard InChI is InChI=1S/C16H13F3N4O3/c1-9-2-4-12(25-8-16(17,18)19)15(21-9)26-10-3-5-13-22-11(14(20)24)7-23(13)6-10/h2-7H,8H2,1H3,(H2,20,24). The molecule has 10 heteroatoms. The maximum absolute atomic E-state index is 12.4. The third kappa shape index (κ3) is 4.02. The number of imidazole rings is 1. The fraction of sp³-hybridized carbons (Fsp3) is 0.188. The molecule has 0 unspecified atom stereocenters. The van der Waals surface area contributed by atoms with Crippen LogP contribution in [-0.2, 0) is 0 Å². The van der Waals surface area contributed by atoms with E-state index >= 15 is 0 Å². The first-order valence-corrected chi connectivity index (χ1v) is 7.35. The first-order valence-electron chi connectivity index (χ1n) is 7.35. The summed E-state index contributed by atoms with van der Waals surface area (Å²) in [5.41, 5.74) is 6.25. The third-order valence-electron chi connectivity index (χ3n) is 3.25. The normalized spacial score (nSPS) is 11.5. The van der Waals surface area contributed by atoms with Crippen molar-refractivity contribution in [3.63, 3.8) is 0 Å². The molecule has 0 atom stereocenters. The van der Waals surface area contributed by atoms with Crippen LogP contribution in [0.3, 0.4) is 0 Å². The highest BCUT2D eigenvalue weighted by atomic mass is 19.4. The molecule has 26 heavy (non-hydrogen) atoms. The number of alkyl halides is 3. The van der Waals surface area contributed by atoms with Gasteiger partial charge < -0.3 is 19.6 Å². The molecular formula is C16H13F3N4O3. The second-order valence-electron chi connectivity index (χ2n) is 5.38. The van der Waals surface area contributed by atoms with Crippen molar-refractivity contribution in [2.45, 2.75) is 13.1 Å². The summed E-state index contributed by atoms with van der Waals surface area (Å²) in [7, 11) is 0. The predicted octanol–water partition coefficient (Wildman–Crippen LogP) is 2.87. The molecule has 3 aromatic heterocycles. The van der Waals surface area contributed by atoms with Crippen LogP contribution in [0.5, 0.6) is 17.4 Å². The van der Waals surface area contributed by atoms with Crippen molar-refractivity contribution in [2.24, 2.45) is 5.73 Å². The summed E-state index contributed by atoms with van der Waals surface area (Å²) < 4.78 is 49.0. The van der Waals surface area contributed by atoms with Crippen LogP contribution in [0.4, 0.5) is 13.2 Å². The SMILES string of the molecule is Cc1ccc(OCC(F)(F)F)c(Oc2ccc3nc(C(N)=O)cn3c2)n1. The summed E-state index contributed by atoms with van der Waals surface area (Å²) in [4.78, 5) is 19.3. The summed E-state index contributed by atoms with van der Waals surface area (Å²) in [5.74, 6) is -0.666. The smallest absolute Gasteiger partial charge is 0.422 e. The van der Waals surface area contributed by atoms with Crippen molar-refractivity contribution in [2.75, 3.05) is 6.61 Å². The molecule has 0 aliphatic rings. The second kappa shape index (κ2) is 6.54. The minimum Gasteiger partial charge on any atom is -0.478 e. The van der Waals surface area contributed by atoms with E-state index in [9.17, 15) is 18.0 Å². The van der Waals surface area contributed by atoms with E-state index in [1.165, 1.54) is 35.0 Å². The van der Waals surface area contributed by atoms with Crippen molar-refractivity contribution in [3.05, 3.63) is 48.0 Å². The van der Waals surface area contributed by atoms with Gasteiger partial charge in [0.1, 0.15) is 17.1 Å². The van der Waals surface area contributed by atoms with Crippen molar-refractivity contribution in [3.8, 4) is 17.4 Å². The summed E-state index contributed by atoms with van der Waals surface area (Å²) in [6, 6.07) is 5.96. The maximum Gasteiger partial charge on any atom is 0.422 e. The van der Waals surface area contributed by atoms with E-state index in [0.29, 0.717) is 11.3 Å². The Morgan fingerprint density at radius 2 is 1.96 bits per heavy atom. The fourth-order valence-corrected chi connectivity index (χ4v) is 2.12. The molecule has 0 saturated heterocycles. The third-order valence-corrected chi connectivity index (χ3v) is 3.25. The lowest BCUT2D eigenvalue weighted by Gasteiger charge is -2.13. The minimum absolute atomic E-state index is 0.0741. The van der Waals surface area contributed by atoms with Crippen molar-refractivity contribution < 1.29 is 27.4 Å². The van der Waals surface area contributed by atoms with Gasteiger partial charge in [0, 0.05) is 11.9 Å². The van der Waals surface area contributed by atoms with Crippen LogP contribution >= 0.6 is 0 Å². The Morgan fingerprint density at radius 1 is 1.19 bits per heavy atom. The van der Waals surface area contributed by atoms with Gasteiger partial charge in [-0.2, -0.15) is 13.2 Å². The van der Waals surface area contributed by atoms with Gasteiger partial charge in [-0.15, -0.1) is 0 Å². The average molecular weight is 366 g/mol. The number of carbonyl (C=O) groups excluding carboxylic acids is 1. The molecule has 3 rings (SSSR count). The van der Waals surface area contributed by atoms with Crippen LogP contribution in [-0.4, -0.2) is 33.1 Å². The zero-order valence-corrected chi connectivity index (χ0v) is 13.4. The van der Waals surface area contributed by atoms with Crippen molar-refractivity contribution >= 4 is 11.6 Å². The number of hydrogen-bond acceptors (Lipinski definition) is 5. The van der Waals surface area contributed by atoms with Crippen molar-refractivity contribution in [1.29, 1.82) is 0 Å². The first-order chi connectivity index (χ1) is 12.2. The number of nitrogens with two attached hydrogens (primary N) is 1. The van der Waals surface area contributed by atoms with Crippen LogP contribution in [0.25, 0.3) is 5.65 Å². The Morgan fingerprint density at radius 3 is 2.65 bits per heavy atom. The van der Waals surface area contributed by atoms with Gasteiger partial charge in [0.05, 0.1) is 6.20 Å². The molecule has 0 aliphatic heterocycles.